The summed E-state index contributed by atoms with van der Waals surface area (Å²) >= 11 is 0. The zero-order valence-corrected chi connectivity index (χ0v) is 39.2. The first-order valence-electron chi connectivity index (χ1n) is 24.7. The summed E-state index contributed by atoms with van der Waals surface area (Å²) in [5.74, 6) is -1.81. The van der Waals surface area contributed by atoms with Crippen LogP contribution < -0.4 is 5.32 Å². The Morgan fingerprint density at radius 1 is 0.688 bits per heavy atom. The van der Waals surface area contributed by atoms with Gasteiger partial charge < -0.3 is 29.7 Å². The molecule has 2 aromatic carbocycles. The van der Waals surface area contributed by atoms with Crippen molar-refractivity contribution in [2.75, 3.05) is 6.61 Å². The number of hydrogen-bond acceptors (Lipinski definition) is 12. The number of aliphatic hydroxyl groups is 2. The second-order valence-electron chi connectivity index (χ2n) is 17.4. The van der Waals surface area contributed by atoms with Crippen LogP contribution in [0.2, 0.25) is 0 Å². The van der Waals surface area contributed by atoms with E-state index < -0.39 is 71.6 Å². The van der Waals surface area contributed by atoms with Crippen molar-refractivity contribution in [3.05, 3.63) is 71.8 Å². The lowest BCUT2D eigenvalue weighted by atomic mass is 9.96. The van der Waals surface area contributed by atoms with Gasteiger partial charge in [0.05, 0.1) is 13.0 Å². The molecule has 13 nitrogen and oxygen atoms in total. The highest BCUT2D eigenvalue weighted by atomic mass is 32.3. The van der Waals surface area contributed by atoms with Crippen molar-refractivity contribution in [2.24, 2.45) is 0 Å². The summed E-state index contributed by atoms with van der Waals surface area (Å²) < 4.78 is 57.5. The van der Waals surface area contributed by atoms with Crippen LogP contribution in [0.25, 0.3) is 1.43 Å². The molecular weight excluding hydrogens is 839 g/mol. The van der Waals surface area contributed by atoms with E-state index in [2.05, 4.69) is 53.2 Å². The van der Waals surface area contributed by atoms with Crippen LogP contribution in [-0.2, 0) is 56.0 Å². The maximum absolute atomic E-state index is 13.7. The number of aryl methyl sites for hydroxylation is 2. The number of unbranched alkanes of at least 4 members (excludes halogenated alkanes) is 18. The van der Waals surface area contributed by atoms with Crippen LogP contribution in [0.5, 0.6) is 0 Å². The first kappa shape index (κ1) is 53.2. The highest BCUT2D eigenvalue weighted by Crippen LogP contribution is 2.28. The lowest BCUT2D eigenvalue weighted by Crippen LogP contribution is -2.66. The topological polar surface area (TPSA) is 195 Å². The Kier molecular flexibility index (Phi) is 27.5. The van der Waals surface area contributed by atoms with Gasteiger partial charge in [0.15, 0.2) is 12.4 Å². The quantitative estimate of drug-likeness (QED) is 0.0285. The Bertz CT molecular complexity index is 1670. The van der Waals surface area contributed by atoms with Crippen LogP contribution >= 0.6 is 0 Å². The second-order valence-corrected chi connectivity index (χ2v) is 18.4. The monoisotopic (exact) mass is 919 g/mol. The summed E-state index contributed by atoms with van der Waals surface area (Å²) in [5.41, 5.74) is 2.63. The van der Waals surface area contributed by atoms with Gasteiger partial charge in [-0.15, -0.1) is 0 Å². The Balaban J connectivity index is 1.57. The van der Waals surface area contributed by atoms with Gasteiger partial charge in [-0.3, -0.25) is 18.9 Å². The molecular formula is C50H79NO12S. The van der Waals surface area contributed by atoms with Gasteiger partial charge in [-0.2, -0.15) is 8.42 Å². The van der Waals surface area contributed by atoms with Crippen molar-refractivity contribution in [2.45, 2.75) is 217 Å². The van der Waals surface area contributed by atoms with E-state index in [0.29, 0.717) is 19.3 Å². The molecule has 0 saturated carbocycles. The standard InChI is InChI=1S/C50H79NO12S/c1-2-3-4-5-6-7-8-15-26-35-42(60-45(54)36-27-16-11-9-13-20-29-40-31-22-18-23-32-40)38-44(53)51-47-49(48(63-64(57,58)59)43(39-52)61-50(47)56)62-46(55)37-28-17-12-10-14-21-30-41-33-24-19-25-34-41/h18-19,22-25,31-34,42-43,47-50,52,56H,2-17,20-21,26-30,35-39H2,1H3,(H,51,53)(H,57,58,59)/t42-,43+,47+,48+,49+,50?/m0/s1/i/hD. The molecule has 362 valence electrons. The zero-order valence-electron chi connectivity index (χ0n) is 39.4. The third-order valence-electron chi connectivity index (χ3n) is 11.9. The molecule has 3 rings (SSSR count). The molecule has 4 N–H and O–H groups in total. The molecule has 0 radical (unpaired) electrons. The van der Waals surface area contributed by atoms with Gasteiger partial charge in [-0.05, 0) is 62.5 Å². The molecule has 0 aromatic heterocycles. The molecule has 1 aliphatic heterocycles. The van der Waals surface area contributed by atoms with E-state index in [4.69, 9.17) is 19.8 Å². The smallest absolute Gasteiger partial charge is 0.397 e. The lowest BCUT2D eigenvalue weighted by Gasteiger charge is -2.43. The Morgan fingerprint density at radius 3 is 1.69 bits per heavy atom. The average molecular weight is 919 g/mol. The number of aliphatic hydroxyl groups excluding tert-OH is 2. The van der Waals surface area contributed by atoms with Gasteiger partial charge in [0.2, 0.25) is 7.34 Å². The van der Waals surface area contributed by atoms with E-state index >= 15 is 0 Å². The molecule has 1 heterocycles. The van der Waals surface area contributed by atoms with Gasteiger partial charge in [-0.25, -0.2) is 4.18 Å². The normalized spacial score (nSPS) is 19.4. The molecule has 1 fully saturated rings. The number of carbonyl (C=O) groups is 3. The summed E-state index contributed by atoms with van der Waals surface area (Å²) in [6.45, 7) is 1.33. The zero-order chi connectivity index (χ0) is 47.0. The van der Waals surface area contributed by atoms with Crippen LogP contribution in [-0.4, -0.2) is 84.4 Å². The molecule has 1 aliphatic rings. The van der Waals surface area contributed by atoms with Gasteiger partial charge >= 0.3 is 22.3 Å². The molecule has 2 aromatic rings. The van der Waals surface area contributed by atoms with Gasteiger partial charge in [0.25, 0.3) is 0 Å². The molecule has 6 atom stereocenters. The number of benzene rings is 2. The van der Waals surface area contributed by atoms with Crippen molar-refractivity contribution in [1.29, 1.82) is 1.43 Å². The van der Waals surface area contributed by atoms with E-state index in [-0.39, 0.29) is 19.3 Å². The minimum Gasteiger partial charge on any atom is -0.462 e. The van der Waals surface area contributed by atoms with Gasteiger partial charge in [0.1, 0.15) is 24.4 Å². The number of carbonyl (C=O) groups excluding carboxylic acids is 3. The fraction of sp³-hybridized carbons (Fsp3) is 0.700. The maximum Gasteiger partial charge on any atom is 0.397 e. The van der Waals surface area contributed by atoms with Gasteiger partial charge in [0, 0.05) is 12.8 Å². The van der Waals surface area contributed by atoms with Gasteiger partial charge in [-0.1, -0.05) is 170 Å². The average Bonchev–Trinajstić information content (AvgIpc) is 3.30. The Hall–Kier alpha value is -3.40. The molecule has 1 saturated heterocycles. The summed E-state index contributed by atoms with van der Waals surface area (Å²) in [6.07, 6.45) is 15.6. The van der Waals surface area contributed by atoms with Crippen LogP contribution in [0.15, 0.2) is 60.7 Å². The van der Waals surface area contributed by atoms with Crippen molar-refractivity contribution >= 4 is 28.2 Å². The number of ether oxygens (including phenoxy) is 3. The third-order valence-corrected chi connectivity index (χ3v) is 12.3. The predicted molar refractivity (Wildman–Crippen MR) is 247 cm³/mol. The fourth-order valence-electron chi connectivity index (χ4n) is 8.31. The van der Waals surface area contributed by atoms with E-state index in [1.54, 1.807) is 0 Å². The summed E-state index contributed by atoms with van der Waals surface area (Å²) in [4.78, 5) is 40.1. The molecule has 64 heavy (non-hydrogen) atoms. The lowest BCUT2D eigenvalue weighted by molar-refractivity contribution is -0.254. The number of rotatable bonds is 37. The largest absolute Gasteiger partial charge is 0.462 e. The molecule has 0 bridgehead atoms. The molecule has 0 aliphatic carbocycles. The molecule has 1 unspecified atom stereocenters. The Morgan fingerprint density at radius 2 is 1.17 bits per heavy atom. The van der Waals surface area contributed by atoms with Crippen molar-refractivity contribution in [1.82, 2.24) is 5.32 Å². The number of hydrogen-bond donors (Lipinski definition) is 4. The molecule has 1 amide bonds. The van der Waals surface area contributed by atoms with E-state index in [0.717, 1.165) is 109 Å². The summed E-state index contributed by atoms with van der Waals surface area (Å²) in [5, 5.41) is 23.8. The number of esters is 2. The van der Waals surface area contributed by atoms with E-state index in [1.165, 1.54) is 36.8 Å². The first-order valence-corrected chi connectivity index (χ1v) is 25.7. The summed E-state index contributed by atoms with van der Waals surface area (Å²) in [7, 11) is -5.00. The Labute approximate surface area is 385 Å². The van der Waals surface area contributed by atoms with Crippen LogP contribution in [0.4, 0.5) is 0 Å². The van der Waals surface area contributed by atoms with Crippen molar-refractivity contribution < 1.29 is 56.0 Å². The second kappa shape index (κ2) is 33.1. The highest BCUT2D eigenvalue weighted by molar-refractivity contribution is 7.80. The maximum atomic E-state index is 13.7. The van der Waals surface area contributed by atoms with Crippen molar-refractivity contribution in [3.63, 3.8) is 0 Å². The van der Waals surface area contributed by atoms with Crippen molar-refractivity contribution in [3.8, 4) is 0 Å². The number of amides is 1. The first-order chi connectivity index (χ1) is 31.5. The fourth-order valence-corrected chi connectivity index (χ4v) is 8.81. The van der Waals surface area contributed by atoms with Crippen LogP contribution in [0.3, 0.4) is 0 Å². The third kappa shape index (κ3) is 24.8. The van der Waals surface area contributed by atoms with E-state index in [9.17, 15) is 33.0 Å². The number of nitrogens with one attached hydrogen (secondary N) is 1. The SMILES string of the molecule is [2H]OS(=O)(=O)O[C@H]1[C@H](OC(=O)CCCCCCCCc2ccccc2)[C@@H](NC(=O)C[C@H](CCCCCCCCCCC)OC(=O)CCCCCCCCc2ccccc2)C(O)O[C@@H]1CO. The molecule has 0 spiro atoms. The minimum absolute atomic E-state index is 0.0403. The van der Waals surface area contributed by atoms with Crippen LogP contribution in [0, 0.1) is 0 Å². The van der Waals surface area contributed by atoms with Crippen LogP contribution in [0.1, 0.15) is 179 Å². The predicted octanol–water partition coefficient (Wildman–Crippen LogP) is 9.45. The minimum atomic E-state index is -5.00. The highest BCUT2D eigenvalue weighted by Gasteiger charge is 2.50. The molecule has 14 heteroatoms. The summed E-state index contributed by atoms with van der Waals surface area (Å²) in [6, 6.07) is 19.1. The van der Waals surface area contributed by atoms with E-state index in [1.807, 2.05) is 24.3 Å².